The smallest absolute Gasteiger partial charge is 0.253 e. The molecule has 1 aliphatic carbocycles. The minimum atomic E-state index is -0.212. The third-order valence-electron chi connectivity index (χ3n) is 3.15. The number of carbonyl (C=O) groups excluding carboxylic acids is 1. The maximum absolute atomic E-state index is 11.9. The van der Waals surface area contributed by atoms with Crippen LogP contribution in [-0.2, 0) is 0 Å². The van der Waals surface area contributed by atoms with Crippen molar-refractivity contribution in [1.29, 1.82) is 0 Å². The molecule has 1 fully saturated rings. The first-order chi connectivity index (χ1) is 7.50. The third-order valence-corrected chi connectivity index (χ3v) is 3.15. The molecule has 0 bridgehead atoms. The fourth-order valence-corrected chi connectivity index (χ4v) is 1.91. The number of nitrogens with two attached hydrogens (primary N) is 1. The average molecular weight is 220 g/mol. The molecule has 0 heterocycles. The summed E-state index contributed by atoms with van der Waals surface area (Å²) in [4.78, 5) is 11.9. The summed E-state index contributed by atoms with van der Waals surface area (Å²) in [5, 5.41) is 12.3. The lowest BCUT2D eigenvalue weighted by molar-refractivity contribution is 0.0851. The molecule has 1 aliphatic rings. The molecule has 0 aliphatic heterocycles. The van der Waals surface area contributed by atoms with Gasteiger partial charge in [0, 0.05) is 11.2 Å². The molecule has 1 amide bonds. The van der Waals surface area contributed by atoms with E-state index in [0.29, 0.717) is 11.3 Å². The Kier molecular flexibility index (Phi) is 2.50. The Bertz CT molecular complexity index is 425. The van der Waals surface area contributed by atoms with Gasteiger partial charge in [-0.3, -0.25) is 4.79 Å². The standard InChI is InChI=1S/C12H16N2O2/c1-12(5-2-6-12)14-11(16)9-7-8(15)3-4-10(9)13/h3-4,7,15H,2,5-6,13H2,1H3,(H,14,16). The highest BCUT2D eigenvalue weighted by Crippen LogP contribution is 2.31. The number of rotatable bonds is 2. The average Bonchev–Trinajstić information content (AvgIpc) is 2.19. The topological polar surface area (TPSA) is 75.3 Å². The second-order valence-corrected chi connectivity index (χ2v) is 4.64. The molecular weight excluding hydrogens is 204 g/mol. The molecule has 16 heavy (non-hydrogen) atoms. The first-order valence-electron chi connectivity index (χ1n) is 5.41. The van der Waals surface area contributed by atoms with Crippen LogP contribution in [0.1, 0.15) is 36.5 Å². The number of phenolic OH excluding ortho intramolecular Hbond substituents is 1. The molecular formula is C12H16N2O2. The largest absolute Gasteiger partial charge is 0.508 e. The van der Waals surface area contributed by atoms with Crippen molar-refractivity contribution in [2.45, 2.75) is 31.7 Å². The summed E-state index contributed by atoms with van der Waals surface area (Å²) in [6.07, 6.45) is 3.14. The number of hydrogen-bond donors (Lipinski definition) is 3. The van der Waals surface area contributed by atoms with Crippen LogP contribution >= 0.6 is 0 Å². The molecule has 1 aromatic rings. The monoisotopic (exact) mass is 220 g/mol. The van der Waals surface area contributed by atoms with Crippen LogP contribution in [0.3, 0.4) is 0 Å². The number of benzene rings is 1. The van der Waals surface area contributed by atoms with Crippen molar-refractivity contribution in [1.82, 2.24) is 5.32 Å². The normalized spacial score (nSPS) is 17.6. The molecule has 4 nitrogen and oxygen atoms in total. The van der Waals surface area contributed by atoms with Crippen molar-refractivity contribution >= 4 is 11.6 Å². The molecule has 2 rings (SSSR count). The van der Waals surface area contributed by atoms with Crippen LogP contribution in [0, 0.1) is 0 Å². The number of aromatic hydroxyl groups is 1. The molecule has 4 heteroatoms. The van der Waals surface area contributed by atoms with Crippen molar-refractivity contribution in [3.63, 3.8) is 0 Å². The van der Waals surface area contributed by atoms with Gasteiger partial charge in [-0.2, -0.15) is 0 Å². The lowest BCUT2D eigenvalue weighted by Gasteiger charge is -2.39. The Hall–Kier alpha value is -1.71. The Morgan fingerprint density at radius 3 is 2.75 bits per heavy atom. The van der Waals surface area contributed by atoms with Crippen LogP contribution in [-0.4, -0.2) is 16.6 Å². The fourth-order valence-electron chi connectivity index (χ4n) is 1.91. The maximum Gasteiger partial charge on any atom is 0.253 e. The van der Waals surface area contributed by atoms with Crippen molar-refractivity contribution in [2.24, 2.45) is 0 Å². The lowest BCUT2D eigenvalue weighted by atomic mass is 9.78. The molecule has 86 valence electrons. The summed E-state index contributed by atoms with van der Waals surface area (Å²) in [6, 6.07) is 4.40. The summed E-state index contributed by atoms with van der Waals surface area (Å²) in [7, 11) is 0. The van der Waals surface area contributed by atoms with E-state index in [1.165, 1.54) is 18.2 Å². The predicted molar refractivity (Wildman–Crippen MR) is 62.2 cm³/mol. The van der Waals surface area contributed by atoms with E-state index in [2.05, 4.69) is 5.32 Å². The molecule has 4 N–H and O–H groups in total. The summed E-state index contributed by atoms with van der Waals surface area (Å²) in [5.41, 5.74) is 6.32. The minimum absolute atomic E-state index is 0.0538. The zero-order chi connectivity index (χ0) is 11.8. The number of hydrogen-bond acceptors (Lipinski definition) is 3. The summed E-state index contributed by atoms with van der Waals surface area (Å²) in [6.45, 7) is 2.02. The molecule has 0 radical (unpaired) electrons. The van der Waals surface area contributed by atoms with Crippen molar-refractivity contribution < 1.29 is 9.90 Å². The number of amides is 1. The number of phenols is 1. The summed E-state index contributed by atoms with van der Waals surface area (Å²) in [5.74, 6) is -0.159. The van der Waals surface area contributed by atoms with Gasteiger partial charge < -0.3 is 16.2 Å². The Labute approximate surface area is 94.5 Å². The highest BCUT2D eigenvalue weighted by atomic mass is 16.3. The van der Waals surface area contributed by atoms with E-state index in [1.54, 1.807) is 0 Å². The maximum atomic E-state index is 11.9. The first-order valence-corrected chi connectivity index (χ1v) is 5.41. The van der Waals surface area contributed by atoms with Crippen molar-refractivity contribution in [2.75, 3.05) is 5.73 Å². The van der Waals surface area contributed by atoms with Crippen LogP contribution in [0.4, 0.5) is 5.69 Å². The van der Waals surface area contributed by atoms with Gasteiger partial charge in [-0.05, 0) is 44.4 Å². The molecule has 0 aromatic heterocycles. The molecule has 0 spiro atoms. The summed E-state index contributed by atoms with van der Waals surface area (Å²) >= 11 is 0. The Morgan fingerprint density at radius 1 is 1.50 bits per heavy atom. The molecule has 0 unspecified atom stereocenters. The highest BCUT2D eigenvalue weighted by Gasteiger charge is 2.33. The van der Waals surface area contributed by atoms with Gasteiger partial charge in [0.15, 0.2) is 0 Å². The predicted octanol–water partition coefficient (Wildman–Crippen LogP) is 1.65. The van der Waals surface area contributed by atoms with E-state index in [0.717, 1.165) is 19.3 Å². The van der Waals surface area contributed by atoms with E-state index >= 15 is 0 Å². The zero-order valence-corrected chi connectivity index (χ0v) is 9.29. The van der Waals surface area contributed by atoms with Gasteiger partial charge in [-0.1, -0.05) is 0 Å². The van der Waals surface area contributed by atoms with Crippen LogP contribution in [0.25, 0.3) is 0 Å². The van der Waals surface area contributed by atoms with Gasteiger partial charge in [-0.15, -0.1) is 0 Å². The number of nitrogen functional groups attached to an aromatic ring is 1. The Morgan fingerprint density at radius 2 is 2.19 bits per heavy atom. The van der Waals surface area contributed by atoms with Gasteiger partial charge >= 0.3 is 0 Å². The second kappa shape index (κ2) is 3.70. The van der Waals surface area contributed by atoms with Gasteiger partial charge in [0.2, 0.25) is 0 Å². The van der Waals surface area contributed by atoms with Crippen LogP contribution in [0.2, 0.25) is 0 Å². The van der Waals surface area contributed by atoms with Gasteiger partial charge in [-0.25, -0.2) is 0 Å². The van der Waals surface area contributed by atoms with Crippen LogP contribution in [0.5, 0.6) is 5.75 Å². The first kappa shape index (κ1) is 10.8. The van der Waals surface area contributed by atoms with E-state index in [9.17, 15) is 9.90 Å². The molecule has 0 saturated heterocycles. The lowest BCUT2D eigenvalue weighted by Crippen LogP contribution is -2.51. The summed E-state index contributed by atoms with van der Waals surface area (Å²) < 4.78 is 0. The highest BCUT2D eigenvalue weighted by molar-refractivity contribution is 6.00. The van der Waals surface area contributed by atoms with E-state index in [-0.39, 0.29) is 17.2 Å². The fraction of sp³-hybridized carbons (Fsp3) is 0.417. The second-order valence-electron chi connectivity index (χ2n) is 4.64. The molecule has 1 saturated carbocycles. The molecule has 0 atom stereocenters. The van der Waals surface area contributed by atoms with Crippen LogP contribution in [0.15, 0.2) is 18.2 Å². The van der Waals surface area contributed by atoms with E-state index < -0.39 is 0 Å². The SMILES string of the molecule is CC1(NC(=O)c2cc(O)ccc2N)CCC1. The Balaban J connectivity index is 2.17. The third kappa shape index (κ3) is 1.96. The van der Waals surface area contributed by atoms with Gasteiger partial charge in [0.05, 0.1) is 5.56 Å². The van der Waals surface area contributed by atoms with E-state index in [1.807, 2.05) is 6.92 Å². The van der Waals surface area contributed by atoms with Crippen molar-refractivity contribution in [3.8, 4) is 5.75 Å². The van der Waals surface area contributed by atoms with Gasteiger partial charge in [0.25, 0.3) is 5.91 Å². The zero-order valence-electron chi connectivity index (χ0n) is 9.29. The minimum Gasteiger partial charge on any atom is -0.508 e. The van der Waals surface area contributed by atoms with Crippen LogP contribution < -0.4 is 11.1 Å². The number of carbonyl (C=O) groups is 1. The van der Waals surface area contributed by atoms with Gasteiger partial charge in [0.1, 0.15) is 5.75 Å². The van der Waals surface area contributed by atoms with E-state index in [4.69, 9.17) is 5.73 Å². The number of anilines is 1. The van der Waals surface area contributed by atoms with Crippen molar-refractivity contribution in [3.05, 3.63) is 23.8 Å². The number of nitrogens with one attached hydrogen (secondary N) is 1. The quantitative estimate of drug-likeness (QED) is 0.524. The molecule has 1 aromatic carbocycles.